The van der Waals surface area contributed by atoms with Crippen molar-refractivity contribution in [3.8, 4) is 0 Å². The van der Waals surface area contributed by atoms with Crippen molar-refractivity contribution in [3.05, 3.63) is 25.3 Å². The number of alkyl halides is 3. The van der Waals surface area contributed by atoms with E-state index >= 15 is 0 Å². The lowest BCUT2D eigenvalue weighted by molar-refractivity contribution is -0.205. The van der Waals surface area contributed by atoms with Crippen molar-refractivity contribution in [2.45, 2.75) is 50.8 Å². The fourth-order valence-electron chi connectivity index (χ4n) is 0.965. The summed E-state index contributed by atoms with van der Waals surface area (Å²) >= 11 is 0. The van der Waals surface area contributed by atoms with Crippen LogP contribution in [0.25, 0.3) is 0 Å². The molecule has 0 saturated heterocycles. The second-order valence-corrected chi connectivity index (χ2v) is 3.66. The van der Waals surface area contributed by atoms with Gasteiger partial charge < -0.3 is 9.90 Å². The summed E-state index contributed by atoms with van der Waals surface area (Å²) < 4.78 is 34.8. The minimum Gasteiger partial charge on any atom is -0.384 e. The van der Waals surface area contributed by atoms with Crippen LogP contribution in [0.4, 0.5) is 13.2 Å². The molecule has 106 valence electrons. The topological polar surface area (TPSA) is 37.3 Å². The third-order valence-corrected chi connectivity index (χ3v) is 1.99. The van der Waals surface area contributed by atoms with E-state index in [0.717, 1.165) is 19.1 Å². The van der Waals surface area contributed by atoms with Crippen LogP contribution >= 0.6 is 0 Å². The first kappa shape index (κ1) is 19.2. The fraction of sp³-hybridized carbons (Fsp3) is 0.615. The van der Waals surface area contributed by atoms with E-state index in [9.17, 15) is 18.0 Å². The first-order valence-electron chi connectivity index (χ1n) is 5.80. The quantitative estimate of drug-likeness (QED) is 0.412. The van der Waals surface area contributed by atoms with Gasteiger partial charge in [-0.05, 0) is 32.1 Å². The molecule has 0 rings (SSSR count). The highest BCUT2D eigenvalue weighted by atomic mass is 19.4. The Labute approximate surface area is 106 Å². The van der Waals surface area contributed by atoms with Crippen LogP contribution in [0.2, 0.25) is 0 Å². The Balaban J connectivity index is 0. The van der Waals surface area contributed by atoms with E-state index in [1.54, 1.807) is 0 Å². The van der Waals surface area contributed by atoms with Gasteiger partial charge in [-0.25, -0.2) is 0 Å². The molecule has 0 aliphatic rings. The highest BCUT2D eigenvalue weighted by molar-refractivity contribution is 5.48. The van der Waals surface area contributed by atoms with E-state index < -0.39 is 12.3 Å². The van der Waals surface area contributed by atoms with Crippen LogP contribution in [0.3, 0.4) is 0 Å². The number of unbranched alkanes of at least 4 members (excludes halogenated alkanes) is 3. The van der Waals surface area contributed by atoms with E-state index in [0.29, 0.717) is 19.3 Å². The molecule has 0 saturated carbocycles. The van der Waals surface area contributed by atoms with Crippen molar-refractivity contribution in [2.24, 2.45) is 0 Å². The molecule has 0 bridgehead atoms. The summed E-state index contributed by atoms with van der Waals surface area (Å²) in [6, 6.07) is 0. The molecule has 18 heavy (non-hydrogen) atoms. The Kier molecular flexibility index (Phi) is 13.2. The van der Waals surface area contributed by atoms with Crippen molar-refractivity contribution in [3.63, 3.8) is 0 Å². The fourth-order valence-corrected chi connectivity index (χ4v) is 0.965. The zero-order valence-corrected chi connectivity index (χ0v) is 10.5. The van der Waals surface area contributed by atoms with Crippen LogP contribution in [0.15, 0.2) is 25.3 Å². The summed E-state index contributed by atoms with van der Waals surface area (Å²) in [4.78, 5) is 9.65. The van der Waals surface area contributed by atoms with Gasteiger partial charge >= 0.3 is 6.18 Å². The summed E-state index contributed by atoms with van der Waals surface area (Å²) in [6.45, 7) is 6.87. The normalized spacial score (nSPS) is 12.0. The average molecular weight is 266 g/mol. The van der Waals surface area contributed by atoms with Gasteiger partial charge in [-0.2, -0.15) is 13.2 Å². The van der Waals surface area contributed by atoms with Gasteiger partial charge in [-0.3, -0.25) is 0 Å². The number of carbonyl (C=O) groups is 1. The van der Waals surface area contributed by atoms with Gasteiger partial charge in [0.25, 0.3) is 0 Å². The number of allylic oxidation sites excluding steroid dienone is 2. The van der Waals surface area contributed by atoms with Gasteiger partial charge in [-0.15, -0.1) is 13.2 Å². The maximum Gasteiger partial charge on any atom is 0.414 e. The van der Waals surface area contributed by atoms with E-state index in [1.165, 1.54) is 6.08 Å². The van der Waals surface area contributed by atoms with Gasteiger partial charge in [-0.1, -0.05) is 12.2 Å². The van der Waals surface area contributed by atoms with E-state index in [1.807, 2.05) is 6.08 Å². The summed E-state index contributed by atoms with van der Waals surface area (Å²) in [5.41, 5.74) is 0. The number of carbonyl (C=O) groups excluding carboxylic acids is 1. The third-order valence-electron chi connectivity index (χ3n) is 1.99. The summed E-state index contributed by atoms with van der Waals surface area (Å²) in [5, 5.41) is 8.45. The molecule has 1 unspecified atom stereocenters. The standard InChI is InChI=1S/C7H11F3O.C6H10O/c1-2-3-4-5-6(11)7(8,9)10;1-2-3-4-5-6-7/h2,6,11H,1,3-5H2;2,6H,1,3-5H2. The van der Waals surface area contributed by atoms with E-state index in [-0.39, 0.29) is 6.42 Å². The van der Waals surface area contributed by atoms with Gasteiger partial charge in [0.15, 0.2) is 0 Å². The van der Waals surface area contributed by atoms with Gasteiger partial charge in [0.1, 0.15) is 12.4 Å². The number of rotatable bonds is 8. The van der Waals surface area contributed by atoms with E-state index in [4.69, 9.17) is 5.11 Å². The number of aldehydes is 1. The van der Waals surface area contributed by atoms with Gasteiger partial charge in [0.05, 0.1) is 0 Å². The van der Waals surface area contributed by atoms with Crippen LogP contribution in [0, 0.1) is 0 Å². The van der Waals surface area contributed by atoms with Crippen molar-refractivity contribution in [2.75, 3.05) is 0 Å². The van der Waals surface area contributed by atoms with Crippen LogP contribution in [0.5, 0.6) is 0 Å². The SMILES string of the molecule is C=CCCCC(O)C(F)(F)F.C=CCCCC=O. The molecule has 0 aliphatic carbocycles. The zero-order valence-electron chi connectivity index (χ0n) is 10.5. The van der Waals surface area contributed by atoms with Crippen molar-refractivity contribution < 1.29 is 23.1 Å². The maximum absolute atomic E-state index is 11.6. The van der Waals surface area contributed by atoms with Crippen LogP contribution < -0.4 is 0 Å². The first-order valence-corrected chi connectivity index (χ1v) is 5.80. The molecule has 0 fully saturated rings. The molecule has 0 aliphatic heterocycles. The Morgan fingerprint density at radius 1 is 1.06 bits per heavy atom. The monoisotopic (exact) mass is 266 g/mol. The molecule has 0 aromatic carbocycles. The molecular weight excluding hydrogens is 245 g/mol. The Morgan fingerprint density at radius 2 is 1.56 bits per heavy atom. The van der Waals surface area contributed by atoms with Crippen molar-refractivity contribution >= 4 is 6.29 Å². The third kappa shape index (κ3) is 14.9. The highest BCUT2D eigenvalue weighted by Gasteiger charge is 2.37. The molecule has 5 heteroatoms. The minimum absolute atomic E-state index is 0.241. The smallest absolute Gasteiger partial charge is 0.384 e. The predicted octanol–water partition coefficient (Wildman–Crippen LogP) is 3.81. The molecule has 0 aromatic rings. The van der Waals surface area contributed by atoms with Crippen LogP contribution in [-0.4, -0.2) is 23.7 Å². The Hall–Kier alpha value is -1.10. The summed E-state index contributed by atoms with van der Waals surface area (Å²) in [5.74, 6) is 0. The van der Waals surface area contributed by atoms with Crippen molar-refractivity contribution in [1.82, 2.24) is 0 Å². The molecule has 0 radical (unpaired) electrons. The first-order chi connectivity index (χ1) is 8.40. The summed E-state index contributed by atoms with van der Waals surface area (Å²) in [7, 11) is 0. The molecule has 0 spiro atoms. The number of halogens is 3. The molecule has 0 heterocycles. The number of hydrogen-bond donors (Lipinski definition) is 1. The minimum atomic E-state index is -4.47. The number of hydrogen-bond acceptors (Lipinski definition) is 2. The molecule has 1 N–H and O–H groups in total. The number of aliphatic hydroxyl groups excluding tert-OH is 1. The Bertz CT molecular complexity index is 217. The van der Waals surface area contributed by atoms with Gasteiger partial charge in [0.2, 0.25) is 0 Å². The second kappa shape index (κ2) is 12.4. The molecule has 0 amide bonds. The largest absolute Gasteiger partial charge is 0.414 e. The number of aliphatic hydroxyl groups is 1. The van der Waals surface area contributed by atoms with Gasteiger partial charge in [0, 0.05) is 6.42 Å². The summed E-state index contributed by atoms with van der Waals surface area (Å²) in [6.07, 6.45) is 0.810. The average Bonchev–Trinajstić information content (AvgIpc) is 2.29. The highest BCUT2D eigenvalue weighted by Crippen LogP contribution is 2.23. The second-order valence-electron chi connectivity index (χ2n) is 3.66. The Morgan fingerprint density at radius 3 is 1.94 bits per heavy atom. The zero-order chi connectivity index (χ0) is 14.4. The molecule has 0 aromatic heterocycles. The molecule has 1 atom stereocenters. The van der Waals surface area contributed by atoms with Crippen LogP contribution in [0.1, 0.15) is 38.5 Å². The van der Waals surface area contributed by atoms with E-state index in [2.05, 4.69) is 13.2 Å². The lowest BCUT2D eigenvalue weighted by Crippen LogP contribution is -2.28. The molecule has 2 nitrogen and oxygen atoms in total. The lowest BCUT2D eigenvalue weighted by Gasteiger charge is -2.13. The lowest BCUT2D eigenvalue weighted by atomic mass is 10.1. The maximum atomic E-state index is 11.6. The molecular formula is C13H21F3O2. The van der Waals surface area contributed by atoms with Crippen molar-refractivity contribution in [1.29, 1.82) is 0 Å². The predicted molar refractivity (Wildman–Crippen MR) is 66.2 cm³/mol. The van der Waals surface area contributed by atoms with Crippen LogP contribution in [-0.2, 0) is 4.79 Å².